The second-order valence-electron chi connectivity index (χ2n) is 4.22. The second kappa shape index (κ2) is 3.67. The molecule has 17 heavy (non-hydrogen) atoms. The van der Waals surface area contributed by atoms with Crippen LogP contribution in [0.1, 0.15) is 5.56 Å². The van der Waals surface area contributed by atoms with E-state index in [1.54, 1.807) is 0 Å². The third kappa shape index (κ3) is 1.68. The average molecular weight is 223 g/mol. The molecule has 1 heterocycles. The van der Waals surface area contributed by atoms with Crippen LogP contribution in [0.4, 0.5) is 5.69 Å². The molecule has 2 aromatic carbocycles. The fourth-order valence-corrected chi connectivity index (χ4v) is 2.02. The minimum absolute atomic E-state index is 0.756. The maximum Gasteiger partial charge on any atom is 0.135 e. The lowest BCUT2D eigenvalue weighted by molar-refractivity contribution is 0.631. The molecule has 0 saturated carbocycles. The molecule has 2 nitrogen and oxygen atoms in total. The van der Waals surface area contributed by atoms with Crippen LogP contribution in [-0.4, -0.2) is 0 Å². The zero-order valence-corrected chi connectivity index (χ0v) is 9.60. The fraction of sp³-hybridized carbons (Fsp3) is 0.0667. The van der Waals surface area contributed by atoms with Crippen LogP contribution < -0.4 is 5.73 Å². The Morgan fingerprint density at radius 1 is 1.00 bits per heavy atom. The number of hydrogen-bond donors (Lipinski definition) is 1. The number of furan rings is 1. The Hall–Kier alpha value is -2.22. The largest absolute Gasteiger partial charge is 0.456 e. The molecule has 0 aliphatic rings. The van der Waals surface area contributed by atoms with E-state index < -0.39 is 0 Å². The lowest BCUT2D eigenvalue weighted by Crippen LogP contribution is -1.87. The van der Waals surface area contributed by atoms with Gasteiger partial charge >= 0.3 is 0 Å². The van der Waals surface area contributed by atoms with Gasteiger partial charge in [0, 0.05) is 16.6 Å². The van der Waals surface area contributed by atoms with Crippen molar-refractivity contribution in [2.24, 2.45) is 0 Å². The van der Waals surface area contributed by atoms with Gasteiger partial charge in [0.25, 0.3) is 0 Å². The minimum atomic E-state index is 0.756. The highest BCUT2D eigenvalue weighted by Gasteiger charge is 2.08. The van der Waals surface area contributed by atoms with Gasteiger partial charge in [0.2, 0.25) is 0 Å². The molecule has 0 fully saturated rings. The first kappa shape index (κ1) is 9.97. The van der Waals surface area contributed by atoms with Gasteiger partial charge in [0.15, 0.2) is 0 Å². The Kier molecular flexibility index (Phi) is 2.15. The van der Waals surface area contributed by atoms with E-state index in [0.29, 0.717) is 0 Å². The Balaban J connectivity index is 2.23. The van der Waals surface area contributed by atoms with Crippen LogP contribution in [0, 0.1) is 6.92 Å². The van der Waals surface area contributed by atoms with E-state index >= 15 is 0 Å². The van der Waals surface area contributed by atoms with Crippen molar-refractivity contribution in [3.05, 3.63) is 54.1 Å². The van der Waals surface area contributed by atoms with Gasteiger partial charge in [-0.15, -0.1) is 0 Å². The summed E-state index contributed by atoms with van der Waals surface area (Å²) < 4.78 is 5.83. The van der Waals surface area contributed by atoms with Gasteiger partial charge in [0.1, 0.15) is 11.3 Å². The quantitative estimate of drug-likeness (QED) is 0.633. The molecule has 1 aromatic heterocycles. The first-order valence-electron chi connectivity index (χ1n) is 5.59. The number of rotatable bonds is 1. The van der Waals surface area contributed by atoms with Crippen molar-refractivity contribution in [2.45, 2.75) is 6.92 Å². The summed E-state index contributed by atoms with van der Waals surface area (Å²) in [7, 11) is 0. The molecule has 3 aromatic rings. The maximum atomic E-state index is 5.83. The summed E-state index contributed by atoms with van der Waals surface area (Å²) >= 11 is 0. The number of benzene rings is 2. The van der Waals surface area contributed by atoms with Gasteiger partial charge in [-0.25, -0.2) is 0 Å². The Morgan fingerprint density at radius 2 is 1.82 bits per heavy atom. The van der Waals surface area contributed by atoms with Crippen LogP contribution in [0.2, 0.25) is 0 Å². The highest BCUT2D eigenvalue weighted by atomic mass is 16.3. The van der Waals surface area contributed by atoms with Gasteiger partial charge in [-0.1, -0.05) is 24.3 Å². The predicted octanol–water partition coefficient (Wildman–Crippen LogP) is 3.99. The molecule has 0 unspecified atom stereocenters. The fourth-order valence-electron chi connectivity index (χ4n) is 2.02. The molecule has 0 spiro atoms. The van der Waals surface area contributed by atoms with Gasteiger partial charge in [-0.2, -0.15) is 0 Å². The molecule has 0 radical (unpaired) electrons. The standard InChI is InChI=1S/C15H13NO/c1-10-6-7-12(16)9-13(10)15-8-11-4-2-3-5-14(11)17-15/h2-9H,16H2,1H3. The molecule has 0 atom stereocenters. The van der Waals surface area contributed by atoms with Gasteiger partial charge in [0.05, 0.1) is 0 Å². The summed E-state index contributed by atoms with van der Waals surface area (Å²) in [6.07, 6.45) is 0. The van der Waals surface area contributed by atoms with Crippen LogP contribution in [0.5, 0.6) is 0 Å². The van der Waals surface area contributed by atoms with Gasteiger partial charge in [-0.3, -0.25) is 0 Å². The Morgan fingerprint density at radius 3 is 2.65 bits per heavy atom. The molecule has 2 N–H and O–H groups in total. The summed E-state index contributed by atoms with van der Waals surface area (Å²) in [4.78, 5) is 0. The van der Waals surface area contributed by atoms with Crippen molar-refractivity contribution >= 4 is 16.7 Å². The van der Waals surface area contributed by atoms with Crippen LogP contribution in [0.25, 0.3) is 22.3 Å². The van der Waals surface area contributed by atoms with Crippen molar-refractivity contribution < 1.29 is 4.42 Å². The molecular weight excluding hydrogens is 210 g/mol. The van der Waals surface area contributed by atoms with Crippen molar-refractivity contribution in [2.75, 3.05) is 5.73 Å². The summed E-state index contributed by atoms with van der Waals surface area (Å²) in [5.41, 5.74) is 9.70. The van der Waals surface area contributed by atoms with Crippen LogP contribution in [0.15, 0.2) is 52.9 Å². The number of aryl methyl sites for hydroxylation is 1. The average Bonchev–Trinajstić information content (AvgIpc) is 2.75. The molecule has 84 valence electrons. The van der Waals surface area contributed by atoms with Gasteiger partial charge in [-0.05, 0) is 36.8 Å². The molecule has 0 bridgehead atoms. The number of fused-ring (bicyclic) bond motifs is 1. The van der Waals surface area contributed by atoms with Gasteiger partial charge < -0.3 is 10.2 Å². The van der Waals surface area contributed by atoms with E-state index in [4.69, 9.17) is 10.2 Å². The molecule has 2 heteroatoms. The number of para-hydroxylation sites is 1. The number of nitrogen functional groups attached to an aromatic ring is 1. The highest BCUT2D eigenvalue weighted by molar-refractivity contribution is 5.83. The number of hydrogen-bond acceptors (Lipinski definition) is 2. The maximum absolute atomic E-state index is 5.83. The number of anilines is 1. The third-order valence-electron chi connectivity index (χ3n) is 2.95. The zero-order chi connectivity index (χ0) is 11.8. The first-order chi connectivity index (χ1) is 8.24. The van der Waals surface area contributed by atoms with Crippen molar-refractivity contribution in [1.29, 1.82) is 0 Å². The normalized spacial score (nSPS) is 10.9. The topological polar surface area (TPSA) is 39.2 Å². The molecule has 3 rings (SSSR count). The Labute approximate surface area is 99.7 Å². The third-order valence-corrected chi connectivity index (χ3v) is 2.95. The van der Waals surface area contributed by atoms with Crippen molar-refractivity contribution in [3.63, 3.8) is 0 Å². The lowest BCUT2D eigenvalue weighted by Gasteiger charge is -2.03. The smallest absolute Gasteiger partial charge is 0.135 e. The van der Waals surface area contributed by atoms with E-state index in [1.165, 1.54) is 5.56 Å². The van der Waals surface area contributed by atoms with Crippen molar-refractivity contribution in [1.82, 2.24) is 0 Å². The van der Waals surface area contributed by atoms with E-state index in [9.17, 15) is 0 Å². The van der Waals surface area contributed by atoms with Crippen LogP contribution >= 0.6 is 0 Å². The van der Waals surface area contributed by atoms with Crippen molar-refractivity contribution in [3.8, 4) is 11.3 Å². The molecular formula is C15H13NO. The molecule has 0 aliphatic heterocycles. The Bertz CT molecular complexity index is 649. The monoisotopic (exact) mass is 223 g/mol. The lowest BCUT2D eigenvalue weighted by atomic mass is 10.1. The predicted molar refractivity (Wildman–Crippen MR) is 70.8 cm³/mol. The van der Waals surface area contributed by atoms with Crippen LogP contribution in [0.3, 0.4) is 0 Å². The summed E-state index contributed by atoms with van der Waals surface area (Å²) in [5, 5.41) is 1.12. The highest BCUT2D eigenvalue weighted by Crippen LogP contribution is 2.30. The van der Waals surface area contributed by atoms with E-state index in [2.05, 4.69) is 13.0 Å². The zero-order valence-electron chi connectivity index (χ0n) is 9.60. The second-order valence-corrected chi connectivity index (χ2v) is 4.22. The SMILES string of the molecule is Cc1ccc(N)cc1-c1cc2ccccc2o1. The summed E-state index contributed by atoms with van der Waals surface area (Å²) in [5.74, 6) is 0.871. The minimum Gasteiger partial charge on any atom is -0.456 e. The molecule has 0 amide bonds. The summed E-state index contributed by atoms with van der Waals surface area (Å²) in [6.45, 7) is 2.06. The van der Waals surface area contributed by atoms with E-state index in [-0.39, 0.29) is 0 Å². The number of nitrogens with two attached hydrogens (primary N) is 1. The summed E-state index contributed by atoms with van der Waals surface area (Å²) in [6, 6.07) is 15.9. The first-order valence-corrected chi connectivity index (χ1v) is 5.59. The van der Waals surface area contributed by atoms with E-state index in [0.717, 1.165) is 28.0 Å². The molecule has 0 aliphatic carbocycles. The van der Waals surface area contributed by atoms with Crippen LogP contribution in [-0.2, 0) is 0 Å². The molecule has 0 saturated heterocycles. The van der Waals surface area contributed by atoms with E-state index in [1.807, 2.05) is 42.5 Å².